The van der Waals surface area contributed by atoms with E-state index in [0.717, 1.165) is 36.1 Å². The van der Waals surface area contributed by atoms with Crippen LogP contribution in [0.25, 0.3) is 0 Å². The van der Waals surface area contributed by atoms with E-state index in [9.17, 15) is 14.4 Å². The fourth-order valence-electron chi connectivity index (χ4n) is 3.85. The van der Waals surface area contributed by atoms with E-state index in [2.05, 4.69) is 10.4 Å². The molecular weight excluding hydrogens is 442 g/mol. The lowest BCUT2D eigenvalue weighted by molar-refractivity contribution is -0.125. The van der Waals surface area contributed by atoms with Gasteiger partial charge >= 0.3 is 11.9 Å². The Labute approximate surface area is 195 Å². The molecule has 0 radical (unpaired) electrons. The quantitative estimate of drug-likeness (QED) is 0.526. The highest BCUT2D eigenvalue weighted by atomic mass is 32.1. The third-order valence-corrected chi connectivity index (χ3v) is 6.60. The molecule has 1 atom stereocenters. The number of esters is 2. The number of anilines is 1. The van der Waals surface area contributed by atoms with E-state index in [4.69, 9.17) is 9.47 Å². The minimum absolute atomic E-state index is 0.241. The van der Waals surface area contributed by atoms with Crippen molar-refractivity contribution in [2.24, 2.45) is 7.05 Å². The number of carbonyl (C=O) groups is 3. The van der Waals surface area contributed by atoms with E-state index >= 15 is 0 Å². The predicted molar refractivity (Wildman–Crippen MR) is 123 cm³/mol. The normalized spacial score (nSPS) is 13.6. The first-order valence-electron chi connectivity index (χ1n) is 10.8. The zero-order chi connectivity index (χ0) is 23.4. The van der Waals surface area contributed by atoms with E-state index in [0.29, 0.717) is 16.1 Å². The van der Waals surface area contributed by atoms with Gasteiger partial charge in [-0.05, 0) is 38.2 Å². The van der Waals surface area contributed by atoms with E-state index in [-0.39, 0.29) is 12.2 Å². The molecule has 3 aromatic rings. The van der Waals surface area contributed by atoms with Crippen molar-refractivity contribution >= 4 is 34.2 Å². The maximum atomic E-state index is 13.4. The summed E-state index contributed by atoms with van der Waals surface area (Å²) in [5.41, 5.74) is 2.12. The maximum Gasteiger partial charge on any atom is 0.342 e. The Morgan fingerprint density at radius 2 is 1.91 bits per heavy atom. The Bertz CT molecular complexity index is 1170. The molecular formula is C24H25N3O5S. The number of nitrogens with zero attached hydrogens (tertiary/aromatic N) is 2. The average molecular weight is 468 g/mol. The molecule has 1 N–H and O–H groups in total. The molecule has 2 heterocycles. The second kappa shape index (κ2) is 9.99. The monoisotopic (exact) mass is 467 g/mol. The van der Waals surface area contributed by atoms with Gasteiger partial charge in [0.25, 0.3) is 5.91 Å². The number of hydrogen-bond acceptors (Lipinski definition) is 7. The Kier molecular flexibility index (Phi) is 6.88. The Hall–Kier alpha value is -3.46. The number of aromatic nitrogens is 2. The number of fused-ring (bicyclic) bond motifs is 1. The molecule has 0 fully saturated rings. The van der Waals surface area contributed by atoms with Gasteiger partial charge in [-0.3, -0.25) is 9.48 Å². The lowest BCUT2D eigenvalue weighted by Crippen LogP contribution is -2.26. The van der Waals surface area contributed by atoms with Crippen LogP contribution >= 0.6 is 11.3 Å². The number of benzene rings is 1. The third-order valence-electron chi connectivity index (χ3n) is 5.39. The minimum atomic E-state index is -1.20. The molecule has 1 aliphatic rings. The molecule has 33 heavy (non-hydrogen) atoms. The molecule has 0 bridgehead atoms. The molecule has 1 aliphatic carbocycles. The third kappa shape index (κ3) is 4.98. The van der Waals surface area contributed by atoms with Crippen LogP contribution in [0.1, 0.15) is 62.6 Å². The molecule has 0 saturated carbocycles. The highest BCUT2D eigenvalue weighted by molar-refractivity contribution is 7.17. The summed E-state index contributed by atoms with van der Waals surface area (Å²) >= 11 is 1.39. The Morgan fingerprint density at radius 3 is 2.61 bits per heavy atom. The number of nitrogens with one attached hydrogen (secondary N) is 1. The van der Waals surface area contributed by atoms with Crippen molar-refractivity contribution in [3.05, 3.63) is 69.9 Å². The molecule has 0 saturated heterocycles. The summed E-state index contributed by atoms with van der Waals surface area (Å²) < 4.78 is 12.4. The van der Waals surface area contributed by atoms with Crippen molar-refractivity contribution in [2.75, 3.05) is 11.9 Å². The Balaban J connectivity index is 1.64. The lowest BCUT2D eigenvalue weighted by atomic mass is 9.95. The summed E-state index contributed by atoms with van der Waals surface area (Å²) in [5.74, 6) is -1.65. The van der Waals surface area contributed by atoms with Gasteiger partial charge in [0.2, 0.25) is 6.10 Å². The molecule has 0 aliphatic heterocycles. The van der Waals surface area contributed by atoms with Gasteiger partial charge < -0.3 is 14.8 Å². The molecule has 172 valence electrons. The number of rotatable bonds is 7. The van der Waals surface area contributed by atoms with Crippen LogP contribution in [0.2, 0.25) is 0 Å². The second-order valence-electron chi connectivity index (χ2n) is 7.72. The first-order chi connectivity index (χ1) is 16.0. The van der Waals surface area contributed by atoms with Crippen molar-refractivity contribution in [2.45, 2.75) is 38.7 Å². The van der Waals surface area contributed by atoms with Gasteiger partial charge in [-0.25, -0.2) is 9.59 Å². The molecule has 1 unspecified atom stereocenters. The summed E-state index contributed by atoms with van der Waals surface area (Å²) in [7, 11) is 1.69. The number of carbonyl (C=O) groups excluding carboxylic acids is 3. The van der Waals surface area contributed by atoms with Gasteiger partial charge in [0.1, 0.15) is 5.00 Å². The molecule has 9 heteroatoms. The fourth-order valence-corrected chi connectivity index (χ4v) is 5.13. The van der Waals surface area contributed by atoms with Gasteiger partial charge in [-0.1, -0.05) is 30.3 Å². The summed E-state index contributed by atoms with van der Waals surface area (Å²) in [6.07, 6.45) is 5.36. The number of ether oxygens (including phenoxy) is 2. The van der Waals surface area contributed by atoms with Crippen LogP contribution in [0, 0.1) is 0 Å². The average Bonchev–Trinajstić information content (AvgIpc) is 3.41. The summed E-state index contributed by atoms with van der Waals surface area (Å²) in [5, 5.41) is 7.26. The number of thiophene rings is 1. The van der Waals surface area contributed by atoms with Crippen molar-refractivity contribution in [1.82, 2.24) is 9.78 Å². The zero-order valence-corrected chi connectivity index (χ0v) is 19.3. The fraction of sp³-hybridized carbons (Fsp3) is 0.333. The second-order valence-corrected chi connectivity index (χ2v) is 8.83. The van der Waals surface area contributed by atoms with Crippen LogP contribution in [0.3, 0.4) is 0 Å². The van der Waals surface area contributed by atoms with Gasteiger partial charge in [0.05, 0.1) is 23.9 Å². The summed E-state index contributed by atoms with van der Waals surface area (Å²) in [6, 6.07) is 8.77. The predicted octanol–water partition coefficient (Wildman–Crippen LogP) is 4.07. The minimum Gasteiger partial charge on any atom is -0.462 e. The van der Waals surface area contributed by atoms with Gasteiger partial charge in [-0.15, -0.1) is 11.3 Å². The van der Waals surface area contributed by atoms with Crippen molar-refractivity contribution in [3.63, 3.8) is 0 Å². The summed E-state index contributed by atoms with van der Waals surface area (Å²) in [6.45, 7) is 1.99. The molecule has 1 aromatic carbocycles. The van der Waals surface area contributed by atoms with Gasteiger partial charge in [0.15, 0.2) is 0 Å². The first kappa shape index (κ1) is 22.7. The molecule has 8 nitrogen and oxygen atoms in total. The zero-order valence-electron chi connectivity index (χ0n) is 18.5. The topological polar surface area (TPSA) is 99.5 Å². The number of amides is 1. The SMILES string of the molecule is CCOC(=O)c1c(NC(=O)C(OC(=O)c2cnn(C)c2)c2ccccc2)sc2c1CCCC2. The maximum absolute atomic E-state index is 13.4. The van der Waals surface area contributed by atoms with Crippen LogP contribution < -0.4 is 5.32 Å². The largest absolute Gasteiger partial charge is 0.462 e. The molecule has 0 spiro atoms. The number of hydrogen-bond donors (Lipinski definition) is 1. The van der Waals surface area contributed by atoms with Crippen molar-refractivity contribution in [3.8, 4) is 0 Å². The lowest BCUT2D eigenvalue weighted by Gasteiger charge is -2.18. The molecule has 1 amide bonds. The van der Waals surface area contributed by atoms with Crippen LogP contribution in [0.5, 0.6) is 0 Å². The highest BCUT2D eigenvalue weighted by Gasteiger charge is 2.31. The summed E-state index contributed by atoms with van der Waals surface area (Å²) in [4.78, 5) is 39.9. The first-order valence-corrected chi connectivity index (χ1v) is 11.7. The van der Waals surface area contributed by atoms with Crippen LogP contribution in [-0.2, 0) is 34.2 Å². The van der Waals surface area contributed by atoms with Crippen LogP contribution in [0.4, 0.5) is 5.00 Å². The number of aryl methyl sites for hydroxylation is 2. The Morgan fingerprint density at radius 1 is 1.15 bits per heavy atom. The van der Waals surface area contributed by atoms with Crippen LogP contribution in [0.15, 0.2) is 42.7 Å². The molecule has 4 rings (SSSR count). The molecule has 2 aromatic heterocycles. The van der Waals surface area contributed by atoms with Gasteiger partial charge in [-0.2, -0.15) is 5.10 Å². The van der Waals surface area contributed by atoms with E-state index < -0.39 is 23.9 Å². The van der Waals surface area contributed by atoms with Crippen molar-refractivity contribution < 1.29 is 23.9 Å². The highest BCUT2D eigenvalue weighted by Crippen LogP contribution is 2.39. The van der Waals surface area contributed by atoms with E-state index in [1.807, 2.05) is 6.07 Å². The smallest absolute Gasteiger partial charge is 0.342 e. The van der Waals surface area contributed by atoms with Gasteiger partial charge in [0, 0.05) is 23.7 Å². The van der Waals surface area contributed by atoms with Crippen molar-refractivity contribution in [1.29, 1.82) is 0 Å². The van der Waals surface area contributed by atoms with E-state index in [1.54, 1.807) is 38.2 Å². The van der Waals surface area contributed by atoms with E-state index in [1.165, 1.54) is 28.4 Å². The standard InChI is InChI=1S/C24H25N3O5S/c1-3-31-24(30)19-17-11-7-8-12-18(17)33-22(19)26-21(28)20(15-9-5-4-6-10-15)32-23(29)16-13-25-27(2)14-16/h4-6,9-10,13-14,20H,3,7-8,11-12H2,1-2H3,(H,26,28). The van der Waals surface area contributed by atoms with Crippen LogP contribution in [-0.4, -0.2) is 34.2 Å².